The minimum Gasteiger partial charge on any atom is -0.375 e. The maximum atomic E-state index is 6.53. The van der Waals surface area contributed by atoms with E-state index in [9.17, 15) is 0 Å². The van der Waals surface area contributed by atoms with E-state index in [1.54, 1.807) is 0 Å². The highest BCUT2D eigenvalue weighted by atomic mass is 79.9. The van der Waals surface area contributed by atoms with Gasteiger partial charge in [-0.1, -0.05) is 40.4 Å². The van der Waals surface area contributed by atoms with Crippen LogP contribution in [0.25, 0.3) is 0 Å². The zero-order valence-electron chi connectivity index (χ0n) is 11.6. The van der Waals surface area contributed by atoms with Crippen LogP contribution in [0.1, 0.15) is 50.1 Å². The predicted octanol–water partition coefficient (Wildman–Crippen LogP) is 4.84. The summed E-state index contributed by atoms with van der Waals surface area (Å²) in [5, 5.41) is 0.771. The van der Waals surface area contributed by atoms with Gasteiger partial charge in [0, 0.05) is 22.1 Å². The van der Waals surface area contributed by atoms with Gasteiger partial charge >= 0.3 is 0 Å². The van der Waals surface area contributed by atoms with Crippen molar-refractivity contribution in [2.75, 3.05) is 6.61 Å². The first kappa shape index (κ1) is 14.8. The smallest absolute Gasteiger partial charge is 0.0685 e. The van der Waals surface area contributed by atoms with Crippen LogP contribution in [0.2, 0.25) is 5.02 Å². The third-order valence-corrected chi connectivity index (χ3v) is 5.71. The molecule has 2 nitrogen and oxygen atoms in total. The fourth-order valence-corrected chi connectivity index (χ4v) is 4.39. The Labute approximate surface area is 134 Å². The Morgan fingerprint density at radius 1 is 1.35 bits per heavy atom. The molecule has 20 heavy (non-hydrogen) atoms. The fraction of sp³-hybridized carbons (Fsp3) is 0.625. The molecule has 2 N–H and O–H groups in total. The second-order valence-electron chi connectivity index (χ2n) is 6.18. The van der Waals surface area contributed by atoms with Crippen molar-refractivity contribution in [2.45, 2.75) is 50.2 Å². The zero-order valence-corrected chi connectivity index (χ0v) is 13.9. The Hall–Kier alpha value is -0.0900. The molecule has 0 radical (unpaired) electrons. The van der Waals surface area contributed by atoms with Crippen molar-refractivity contribution in [3.63, 3.8) is 0 Å². The molecule has 1 aromatic rings. The molecule has 2 aliphatic rings. The second kappa shape index (κ2) is 5.96. The standard InChI is InChI=1S/C16H21BrClNO/c17-12-3-4-14(18)13(9-12)15(19)11-5-8-20-16(10-11)6-1-2-7-16/h3-4,9,11,15H,1-2,5-8,10,19H2. The first-order chi connectivity index (χ1) is 9.60. The van der Waals surface area contributed by atoms with Crippen molar-refractivity contribution in [1.82, 2.24) is 0 Å². The molecule has 1 spiro atoms. The number of benzene rings is 1. The number of nitrogens with two attached hydrogens (primary N) is 1. The van der Waals surface area contributed by atoms with Crippen LogP contribution in [0.5, 0.6) is 0 Å². The van der Waals surface area contributed by atoms with E-state index in [1.807, 2.05) is 12.1 Å². The minimum atomic E-state index is 0.00127. The predicted molar refractivity (Wildman–Crippen MR) is 86.0 cm³/mol. The molecule has 1 aliphatic carbocycles. The molecule has 1 saturated carbocycles. The van der Waals surface area contributed by atoms with Gasteiger partial charge in [0.25, 0.3) is 0 Å². The number of hydrogen-bond donors (Lipinski definition) is 1. The van der Waals surface area contributed by atoms with Gasteiger partial charge in [0.15, 0.2) is 0 Å². The number of hydrogen-bond acceptors (Lipinski definition) is 2. The topological polar surface area (TPSA) is 35.2 Å². The van der Waals surface area contributed by atoms with E-state index < -0.39 is 0 Å². The van der Waals surface area contributed by atoms with Gasteiger partial charge in [0.1, 0.15) is 0 Å². The van der Waals surface area contributed by atoms with Gasteiger partial charge in [-0.15, -0.1) is 0 Å². The third kappa shape index (κ3) is 2.92. The monoisotopic (exact) mass is 357 g/mol. The van der Waals surface area contributed by atoms with Crippen molar-refractivity contribution < 1.29 is 4.74 Å². The van der Waals surface area contributed by atoms with Gasteiger partial charge < -0.3 is 10.5 Å². The van der Waals surface area contributed by atoms with E-state index in [-0.39, 0.29) is 11.6 Å². The van der Waals surface area contributed by atoms with E-state index in [0.717, 1.165) is 34.5 Å². The summed E-state index contributed by atoms with van der Waals surface area (Å²) in [6.07, 6.45) is 7.09. The van der Waals surface area contributed by atoms with Crippen LogP contribution in [-0.4, -0.2) is 12.2 Å². The van der Waals surface area contributed by atoms with E-state index in [4.69, 9.17) is 22.1 Å². The molecule has 4 heteroatoms. The summed E-state index contributed by atoms with van der Waals surface area (Å²) < 4.78 is 7.14. The molecular formula is C16H21BrClNO. The van der Waals surface area contributed by atoms with Crippen LogP contribution in [0.3, 0.4) is 0 Å². The summed E-state index contributed by atoms with van der Waals surface area (Å²) in [7, 11) is 0. The highest BCUT2D eigenvalue weighted by Gasteiger charge is 2.41. The first-order valence-corrected chi connectivity index (χ1v) is 8.61. The minimum absolute atomic E-state index is 0.00127. The molecule has 2 fully saturated rings. The normalized spacial score (nSPS) is 26.9. The van der Waals surface area contributed by atoms with Crippen LogP contribution in [0, 0.1) is 5.92 Å². The molecule has 1 aromatic carbocycles. The SMILES string of the molecule is NC(c1cc(Br)ccc1Cl)C1CCOC2(CCCC2)C1. The molecule has 2 atom stereocenters. The van der Waals surface area contributed by atoms with E-state index in [0.29, 0.717) is 5.92 Å². The number of halogens is 2. The summed E-state index contributed by atoms with van der Waals surface area (Å²) in [6.45, 7) is 0.837. The lowest BCUT2D eigenvalue weighted by atomic mass is 9.79. The lowest BCUT2D eigenvalue weighted by molar-refractivity contribution is -0.0963. The molecular weight excluding hydrogens is 338 g/mol. The summed E-state index contributed by atoms with van der Waals surface area (Å²) in [5.41, 5.74) is 7.70. The molecule has 0 amide bonds. The average Bonchev–Trinajstić information content (AvgIpc) is 2.88. The lowest BCUT2D eigenvalue weighted by Crippen LogP contribution is -2.40. The number of rotatable bonds is 2. The fourth-order valence-electron chi connectivity index (χ4n) is 3.76. The van der Waals surface area contributed by atoms with E-state index in [2.05, 4.69) is 22.0 Å². The average molecular weight is 359 g/mol. The van der Waals surface area contributed by atoms with E-state index >= 15 is 0 Å². The van der Waals surface area contributed by atoms with Crippen molar-refractivity contribution in [1.29, 1.82) is 0 Å². The Kier molecular flexibility index (Phi) is 4.42. The van der Waals surface area contributed by atoms with Crippen molar-refractivity contribution >= 4 is 27.5 Å². The molecule has 1 heterocycles. The highest BCUT2D eigenvalue weighted by Crippen LogP contribution is 2.45. The molecule has 0 bridgehead atoms. The molecule has 3 rings (SSSR count). The van der Waals surface area contributed by atoms with Gasteiger partial charge in [-0.3, -0.25) is 0 Å². The van der Waals surface area contributed by atoms with Crippen molar-refractivity contribution in [3.05, 3.63) is 33.3 Å². The maximum absolute atomic E-state index is 6.53. The Morgan fingerprint density at radius 3 is 2.85 bits per heavy atom. The van der Waals surface area contributed by atoms with Crippen LogP contribution in [0.15, 0.2) is 22.7 Å². The third-order valence-electron chi connectivity index (χ3n) is 4.87. The zero-order chi connectivity index (χ0) is 14.2. The van der Waals surface area contributed by atoms with E-state index in [1.165, 1.54) is 25.7 Å². The molecule has 2 unspecified atom stereocenters. The van der Waals surface area contributed by atoms with Crippen LogP contribution < -0.4 is 5.73 Å². The highest BCUT2D eigenvalue weighted by molar-refractivity contribution is 9.10. The summed E-state index contributed by atoms with van der Waals surface area (Å²) in [6, 6.07) is 5.94. The molecule has 110 valence electrons. The number of ether oxygens (including phenoxy) is 1. The van der Waals surface area contributed by atoms with Crippen molar-refractivity contribution in [3.8, 4) is 0 Å². The largest absolute Gasteiger partial charge is 0.375 e. The van der Waals surface area contributed by atoms with Gasteiger partial charge in [0.05, 0.1) is 5.60 Å². The van der Waals surface area contributed by atoms with Gasteiger partial charge in [-0.2, -0.15) is 0 Å². The van der Waals surface area contributed by atoms with Crippen LogP contribution in [-0.2, 0) is 4.74 Å². The van der Waals surface area contributed by atoms with Crippen molar-refractivity contribution in [2.24, 2.45) is 11.7 Å². The summed E-state index contributed by atoms with van der Waals surface area (Å²) in [4.78, 5) is 0. The van der Waals surface area contributed by atoms with Gasteiger partial charge in [0.2, 0.25) is 0 Å². The molecule has 1 aliphatic heterocycles. The second-order valence-corrected chi connectivity index (χ2v) is 7.51. The molecule has 0 aromatic heterocycles. The van der Waals surface area contributed by atoms with Crippen LogP contribution in [0.4, 0.5) is 0 Å². The quantitative estimate of drug-likeness (QED) is 0.821. The Morgan fingerprint density at radius 2 is 2.10 bits per heavy atom. The lowest BCUT2D eigenvalue weighted by Gasteiger charge is -2.40. The summed E-state index contributed by atoms with van der Waals surface area (Å²) in [5.74, 6) is 0.466. The summed E-state index contributed by atoms with van der Waals surface area (Å²) >= 11 is 9.84. The first-order valence-electron chi connectivity index (χ1n) is 7.44. The van der Waals surface area contributed by atoms with Gasteiger partial charge in [-0.05, 0) is 55.4 Å². The molecule has 1 saturated heterocycles. The van der Waals surface area contributed by atoms with Crippen LogP contribution >= 0.6 is 27.5 Å². The Bertz CT molecular complexity index is 487. The maximum Gasteiger partial charge on any atom is 0.0685 e. The van der Waals surface area contributed by atoms with Gasteiger partial charge in [-0.25, -0.2) is 0 Å². The Balaban J connectivity index is 1.79.